The van der Waals surface area contributed by atoms with Gasteiger partial charge in [0, 0.05) is 44.7 Å². The van der Waals surface area contributed by atoms with Gasteiger partial charge in [0.25, 0.3) is 0 Å². The van der Waals surface area contributed by atoms with Gasteiger partial charge >= 0.3 is 6.61 Å². The van der Waals surface area contributed by atoms with Crippen LogP contribution in [0.15, 0.2) is 23.2 Å². The number of hydrogen-bond donors (Lipinski definition) is 2. The molecule has 0 aliphatic carbocycles. The minimum atomic E-state index is -2.90. The Morgan fingerprint density at radius 1 is 1.33 bits per heavy atom. The second-order valence-electron chi connectivity index (χ2n) is 6.75. The summed E-state index contributed by atoms with van der Waals surface area (Å²) in [6.07, 6.45) is 3.27. The minimum absolute atomic E-state index is 0. The average molecular weight is 540 g/mol. The van der Waals surface area contributed by atoms with Crippen LogP contribution in [0.3, 0.4) is 0 Å². The average Bonchev–Trinajstić information content (AvgIpc) is 3.13. The molecule has 0 radical (unpaired) electrons. The van der Waals surface area contributed by atoms with Crippen molar-refractivity contribution in [2.45, 2.75) is 51.8 Å². The molecule has 7 nitrogen and oxygen atoms in total. The Morgan fingerprint density at radius 3 is 2.67 bits per heavy atom. The lowest BCUT2D eigenvalue weighted by Crippen LogP contribution is -2.41. The molecule has 1 atom stereocenters. The molecule has 1 aliphatic rings. The van der Waals surface area contributed by atoms with Crippen LogP contribution >= 0.6 is 24.0 Å². The second-order valence-corrected chi connectivity index (χ2v) is 6.75. The van der Waals surface area contributed by atoms with Crippen LogP contribution in [-0.2, 0) is 11.3 Å². The van der Waals surface area contributed by atoms with E-state index in [9.17, 15) is 13.6 Å². The number of aliphatic imine (C=N–C) groups is 1. The Bertz CT molecular complexity index is 707. The molecule has 2 rings (SSSR count). The molecule has 2 N–H and O–H groups in total. The van der Waals surface area contributed by atoms with Gasteiger partial charge in [0.15, 0.2) is 5.96 Å². The SMILES string of the molecule is CCC(CCNC(=NC)NCc1cc(OC)ccc1OC(F)F)N1CCCC1=O.I. The first-order valence-corrected chi connectivity index (χ1v) is 9.84. The molecule has 1 aliphatic heterocycles. The number of guanidine groups is 1. The number of benzene rings is 1. The lowest BCUT2D eigenvalue weighted by Gasteiger charge is -2.27. The Balaban J connectivity index is 0.00000450. The fraction of sp³-hybridized carbons (Fsp3) is 0.600. The number of ether oxygens (including phenoxy) is 2. The number of alkyl halides is 2. The van der Waals surface area contributed by atoms with Crippen molar-refractivity contribution in [3.63, 3.8) is 0 Å². The van der Waals surface area contributed by atoms with Gasteiger partial charge in [-0.3, -0.25) is 9.79 Å². The topological polar surface area (TPSA) is 75.2 Å². The summed E-state index contributed by atoms with van der Waals surface area (Å²) < 4.78 is 35.0. The minimum Gasteiger partial charge on any atom is -0.497 e. The quantitative estimate of drug-likeness (QED) is 0.271. The van der Waals surface area contributed by atoms with Gasteiger partial charge in [-0.15, -0.1) is 24.0 Å². The van der Waals surface area contributed by atoms with Crippen molar-refractivity contribution in [3.8, 4) is 11.5 Å². The molecule has 30 heavy (non-hydrogen) atoms. The Hall–Kier alpha value is -1.85. The number of rotatable bonds is 10. The van der Waals surface area contributed by atoms with Gasteiger partial charge < -0.3 is 25.0 Å². The van der Waals surface area contributed by atoms with Crippen LogP contribution in [0.25, 0.3) is 0 Å². The fourth-order valence-electron chi connectivity index (χ4n) is 3.42. The van der Waals surface area contributed by atoms with Gasteiger partial charge in [0.05, 0.1) is 7.11 Å². The zero-order chi connectivity index (χ0) is 21.2. The molecule has 0 bridgehead atoms. The molecule has 170 valence electrons. The molecular formula is C20H31F2IN4O3. The second kappa shape index (κ2) is 13.5. The lowest BCUT2D eigenvalue weighted by atomic mass is 10.1. The van der Waals surface area contributed by atoms with Gasteiger partial charge in [0.2, 0.25) is 5.91 Å². The van der Waals surface area contributed by atoms with Crippen molar-refractivity contribution in [2.24, 2.45) is 4.99 Å². The van der Waals surface area contributed by atoms with Gasteiger partial charge in [-0.2, -0.15) is 8.78 Å². The van der Waals surface area contributed by atoms with Crippen LogP contribution in [0.4, 0.5) is 8.78 Å². The molecule has 0 aromatic heterocycles. The Kier molecular flexibility index (Phi) is 11.7. The molecule has 1 aromatic rings. The van der Waals surface area contributed by atoms with Crippen molar-refractivity contribution in [1.29, 1.82) is 0 Å². The van der Waals surface area contributed by atoms with Crippen LogP contribution in [0.1, 0.15) is 38.2 Å². The number of halogens is 3. The first-order chi connectivity index (χ1) is 14.0. The summed E-state index contributed by atoms with van der Waals surface area (Å²) in [5.74, 6) is 1.40. The van der Waals surface area contributed by atoms with Crippen LogP contribution in [0.2, 0.25) is 0 Å². The van der Waals surface area contributed by atoms with Crippen LogP contribution in [0.5, 0.6) is 11.5 Å². The van der Waals surface area contributed by atoms with E-state index in [1.165, 1.54) is 13.2 Å². The summed E-state index contributed by atoms with van der Waals surface area (Å²) >= 11 is 0. The predicted octanol–water partition coefficient (Wildman–Crippen LogP) is 3.37. The van der Waals surface area contributed by atoms with E-state index in [-0.39, 0.29) is 48.2 Å². The first kappa shape index (κ1) is 26.2. The third-order valence-corrected chi connectivity index (χ3v) is 4.95. The van der Waals surface area contributed by atoms with E-state index in [1.54, 1.807) is 19.2 Å². The van der Waals surface area contributed by atoms with Gasteiger partial charge in [0.1, 0.15) is 11.5 Å². The molecule has 1 fully saturated rings. The van der Waals surface area contributed by atoms with E-state index < -0.39 is 6.61 Å². The molecule has 1 aromatic carbocycles. The largest absolute Gasteiger partial charge is 0.497 e. The summed E-state index contributed by atoms with van der Waals surface area (Å²) in [7, 11) is 3.15. The molecule has 1 unspecified atom stereocenters. The number of methoxy groups -OCH3 is 1. The highest BCUT2D eigenvalue weighted by atomic mass is 127. The standard InChI is InChI=1S/C20H30F2N4O3.HI/c1-4-15(26-11-5-6-18(26)27)9-10-24-20(23-2)25-13-14-12-16(28-3)7-8-17(14)29-19(21)22;/h7-8,12,15,19H,4-6,9-11,13H2,1-3H3,(H2,23,24,25);1H. The fourth-order valence-corrected chi connectivity index (χ4v) is 3.42. The van der Waals surface area contributed by atoms with E-state index in [0.717, 1.165) is 25.8 Å². The van der Waals surface area contributed by atoms with E-state index in [2.05, 4.69) is 27.3 Å². The first-order valence-electron chi connectivity index (χ1n) is 9.84. The maximum absolute atomic E-state index is 12.6. The third kappa shape index (κ3) is 7.77. The Labute approximate surface area is 193 Å². The molecule has 10 heteroatoms. The molecule has 1 saturated heterocycles. The number of nitrogens with zero attached hydrogens (tertiary/aromatic N) is 2. The zero-order valence-corrected chi connectivity index (χ0v) is 20.0. The normalized spacial score (nSPS) is 15.1. The predicted molar refractivity (Wildman–Crippen MR) is 123 cm³/mol. The summed E-state index contributed by atoms with van der Waals surface area (Å²) in [4.78, 5) is 18.1. The number of carbonyl (C=O) groups excluding carboxylic acids is 1. The smallest absolute Gasteiger partial charge is 0.387 e. The summed E-state index contributed by atoms with van der Waals surface area (Å²) in [5, 5.41) is 6.31. The van der Waals surface area contributed by atoms with Crippen molar-refractivity contribution in [2.75, 3.05) is 27.2 Å². The highest BCUT2D eigenvalue weighted by Crippen LogP contribution is 2.25. The monoisotopic (exact) mass is 540 g/mol. The number of likely N-dealkylation sites (tertiary alicyclic amines) is 1. The van der Waals surface area contributed by atoms with Crippen LogP contribution in [-0.4, -0.2) is 56.7 Å². The summed E-state index contributed by atoms with van der Waals surface area (Å²) in [5.41, 5.74) is 0.529. The molecule has 0 saturated carbocycles. The van der Waals surface area contributed by atoms with E-state index in [4.69, 9.17) is 4.74 Å². The highest BCUT2D eigenvalue weighted by molar-refractivity contribution is 14.0. The van der Waals surface area contributed by atoms with E-state index in [0.29, 0.717) is 30.2 Å². The molecular weight excluding hydrogens is 509 g/mol. The van der Waals surface area contributed by atoms with Crippen molar-refractivity contribution in [1.82, 2.24) is 15.5 Å². The maximum atomic E-state index is 12.6. The lowest BCUT2D eigenvalue weighted by molar-refractivity contribution is -0.129. The van der Waals surface area contributed by atoms with E-state index >= 15 is 0 Å². The van der Waals surface area contributed by atoms with Crippen LogP contribution in [0, 0.1) is 0 Å². The number of amides is 1. The summed E-state index contributed by atoms with van der Waals surface area (Å²) in [6.45, 7) is 0.879. The van der Waals surface area contributed by atoms with Gasteiger partial charge in [-0.05, 0) is 37.5 Å². The summed E-state index contributed by atoms with van der Waals surface area (Å²) in [6, 6.07) is 4.88. The van der Waals surface area contributed by atoms with Crippen LogP contribution < -0.4 is 20.1 Å². The van der Waals surface area contributed by atoms with Gasteiger partial charge in [-0.1, -0.05) is 6.92 Å². The third-order valence-electron chi connectivity index (χ3n) is 4.95. The Morgan fingerprint density at radius 2 is 2.10 bits per heavy atom. The number of nitrogens with one attached hydrogen (secondary N) is 2. The zero-order valence-electron chi connectivity index (χ0n) is 17.6. The van der Waals surface area contributed by atoms with Crippen molar-refractivity contribution >= 4 is 35.8 Å². The maximum Gasteiger partial charge on any atom is 0.387 e. The molecule has 1 amide bonds. The molecule has 1 heterocycles. The van der Waals surface area contributed by atoms with Crippen molar-refractivity contribution in [3.05, 3.63) is 23.8 Å². The van der Waals surface area contributed by atoms with E-state index in [1.807, 2.05) is 4.90 Å². The van der Waals surface area contributed by atoms with Gasteiger partial charge in [-0.25, -0.2) is 0 Å². The highest BCUT2D eigenvalue weighted by Gasteiger charge is 2.26. The number of hydrogen-bond acceptors (Lipinski definition) is 4. The molecule has 0 spiro atoms. The number of carbonyl (C=O) groups is 1. The van der Waals surface area contributed by atoms with Crippen molar-refractivity contribution < 1.29 is 23.0 Å².